The van der Waals surface area contributed by atoms with Crippen LogP contribution >= 0.6 is 11.6 Å². The molecular weight excluding hydrogens is 276 g/mol. The number of nitrogens with zero attached hydrogens (tertiary/aromatic N) is 4. The lowest BCUT2D eigenvalue weighted by Gasteiger charge is -2.33. The van der Waals surface area contributed by atoms with Gasteiger partial charge in [-0.05, 0) is 30.0 Å². The first-order valence-corrected chi connectivity index (χ1v) is 7.14. The lowest BCUT2D eigenvalue weighted by Crippen LogP contribution is -2.40. The normalized spacial score (nSPS) is 18.9. The van der Waals surface area contributed by atoms with Crippen molar-refractivity contribution in [3.05, 3.63) is 23.2 Å². The van der Waals surface area contributed by atoms with E-state index in [2.05, 4.69) is 23.8 Å². The number of fused-ring (bicyclic) bond motifs is 3. The van der Waals surface area contributed by atoms with Gasteiger partial charge in [0.05, 0.1) is 6.04 Å². The van der Waals surface area contributed by atoms with Crippen molar-refractivity contribution < 1.29 is 4.79 Å². The number of carbonyl (C=O) groups excluding carboxylic acids is 1. The molecule has 0 aliphatic carbocycles. The van der Waals surface area contributed by atoms with E-state index in [0.29, 0.717) is 18.2 Å². The van der Waals surface area contributed by atoms with Crippen LogP contribution in [0.25, 0.3) is 11.0 Å². The third kappa shape index (κ3) is 2.06. The van der Waals surface area contributed by atoms with Gasteiger partial charge in [0.2, 0.25) is 5.28 Å². The van der Waals surface area contributed by atoms with Crippen molar-refractivity contribution in [3.63, 3.8) is 0 Å². The SMILES string of the molecule is CC(C)C[C@H]1CN(C)C(=O)c2cc3cnc(Cl)nc3n21. The van der Waals surface area contributed by atoms with Crippen LogP contribution < -0.4 is 0 Å². The molecule has 0 aromatic carbocycles. The second-order valence-electron chi connectivity index (χ2n) is 5.79. The first-order valence-electron chi connectivity index (χ1n) is 6.76. The number of rotatable bonds is 2. The predicted molar refractivity (Wildman–Crippen MR) is 78.0 cm³/mol. The van der Waals surface area contributed by atoms with Crippen molar-refractivity contribution >= 4 is 28.5 Å². The van der Waals surface area contributed by atoms with Crippen LogP contribution in [0.1, 0.15) is 36.8 Å². The van der Waals surface area contributed by atoms with Crippen molar-refractivity contribution in [2.24, 2.45) is 5.92 Å². The molecule has 2 aromatic rings. The zero-order valence-electron chi connectivity index (χ0n) is 11.8. The van der Waals surface area contributed by atoms with Crippen molar-refractivity contribution in [1.82, 2.24) is 19.4 Å². The van der Waals surface area contributed by atoms with E-state index in [-0.39, 0.29) is 17.2 Å². The lowest BCUT2D eigenvalue weighted by molar-refractivity contribution is 0.0710. The molecule has 0 unspecified atom stereocenters. The maximum Gasteiger partial charge on any atom is 0.270 e. The maximum atomic E-state index is 12.3. The zero-order valence-corrected chi connectivity index (χ0v) is 12.6. The van der Waals surface area contributed by atoms with Gasteiger partial charge in [0.25, 0.3) is 5.91 Å². The van der Waals surface area contributed by atoms with Crippen LogP contribution in [-0.2, 0) is 0 Å². The van der Waals surface area contributed by atoms with Crippen LogP contribution in [-0.4, -0.2) is 38.9 Å². The van der Waals surface area contributed by atoms with Crippen LogP contribution in [0.5, 0.6) is 0 Å². The second kappa shape index (κ2) is 4.74. The van der Waals surface area contributed by atoms with E-state index in [1.54, 1.807) is 11.1 Å². The van der Waals surface area contributed by atoms with Gasteiger partial charge < -0.3 is 9.47 Å². The van der Waals surface area contributed by atoms with E-state index in [1.165, 1.54) is 0 Å². The molecule has 0 N–H and O–H groups in total. The highest BCUT2D eigenvalue weighted by atomic mass is 35.5. The van der Waals surface area contributed by atoms with Gasteiger partial charge >= 0.3 is 0 Å². The highest BCUT2D eigenvalue weighted by molar-refractivity contribution is 6.28. The Hall–Kier alpha value is -1.62. The average molecular weight is 293 g/mol. The van der Waals surface area contributed by atoms with Gasteiger partial charge in [0.15, 0.2) is 0 Å². The summed E-state index contributed by atoms with van der Waals surface area (Å²) in [6.07, 6.45) is 2.67. The Morgan fingerprint density at radius 3 is 2.95 bits per heavy atom. The molecule has 1 aliphatic heterocycles. The Kier molecular flexibility index (Phi) is 3.17. The maximum absolute atomic E-state index is 12.3. The smallest absolute Gasteiger partial charge is 0.270 e. The number of carbonyl (C=O) groups is 1. The Bertz CT molecular complexity index is 679. The summed E-state index contributed by atoms with van der Waals surface area (Å²) in [5.41, 5.74) is 1.43. The van der Waals surface area contributed by atoms with Gasteiger partial charge in [-0.15, -0.1) is 0 Å². The zero-order chi connectivity index (χ0) is 14.4. The molecule has 0 saturated carbocycles. The summed E-state index contributed by atoms with van der Waals surface area (Å²) in [5, 5.41) is 1.08. The first kappa shape index (κ1) is 13.4. The minimum atomic E-state index is 0.0270. The van der Waals surface area contributed by atoms with Crippen LogP contribution in [0.15, 0.2) is 12.3 Å². The molecule has 106 valence electrons. The molecule has 20 heavy (non-hydrogen) atoms. The third-order valence-electron chi connectivity index (χ3n) is 3.71. The summed E-state index contributed by atoms with van der Waals surface area (Å²) in [6, 6.07) is 2.09. The number of amides is 1. The largest absolute Gasteiger partial charge is 0.338 e. The van der Waals surface area contributed by atoms with Gasteiger partial charge in [-0.25, -0.2) is 4.98 Å². The van der Waals surface area contributed by atoms with Gasteiger partial charge in [-0.1, -0.05) is 13.8 Å². The first-order chi connectivity index (χ1) is 9.47. The lowest BCUT2D eigenvalue weighted by atomic mass is 10.0. The topological polar surface area (TPSA) is 51.0 Å². The minimum absolute atomic E-state index is 0.0270. The Morgan fingerprint density at radius 1 is 1.50 bits per heavy atom. The molecular formula is C14H17ClN4O. The van der Waals surface area contributed by atoms with Crippen molar-refractivity contribution in [3.8, 4) is 0 Å². The molecule has 6 heteroatoms. The number of aromatic nitrogens is 3. The van der Waals surface area contributed by atoms with Crippen LogP contribution in [0.2, 0.25) is 5.28 Å². The second-order valence-corrected chi connectivity index (χ2v) is 6.12. The molecule has 3 heterocycles. The quantitative estimate of drug-likeness (QED) is 0.800. The average Bonchev–Trinajstić information content (AvgIpc) is 2.74. The summed E-state index contributed by atoms with van der Waals surface area (Å²) in [6.45, 7) is 5.07. The van der Waals surface area contributed by atoms with Gasteiger partial charge in [0.1, 0.15) is 11.3 Å². The van der Waals surface area contributed by atoms with Crippen molar-refractivity contribution in [2.45, 2.75) is 26.3 Å². The fraction of sp³-hybridized carbons (Fsp3) is 0.500. The molecule has 0 saturated heterocycles. The van der Waals surface area contributed by atoms with Crippen LogP contribution in [0.3, 0.4) is 0 Å². The minimum Gasteiger partial charge on any atom is -0.338 e. The summed E-state index contributed by atoms with van der Waals surface area (Å²) in [5.74, 6) is 0.573. The number of likely N-dealkylation sites (N-methyl/N-ethyl adjacent to an activating group) is 1. The molecule has 5 nitrogen and oxygen atoms in total. The van der Waals surface area contributed by atoms with E-state index >= 15 is 0 Å². The molecule has 1 amide bonds. The fourth-order valence-electron chi connectivity index (χ4n) is 2.92. The van der Waals surface area contributed by atoms with Gasteiger partial charge in [-0.2, -0.15) is 4.98 Å². The molecule has 3 rings (SSSR count). The molecule has 0 fully saturated rings. The Balaban J connectivity index is 2.21. The summed E-state index contributed by atoms with van der Waals surface area (Å²) in [7, 11) is 1.84. The summed E-state index contributed by atoms with van der Waals surface area (Å²) in [4.78, 5) is 22.4. The van der Waals surface area contributed by atoms with Crippen LogP contribution in [0, 0.1) is 5.92 Å². The third-order valence-corrected chi connectivity index (χ3v) is 3.89. The van der Waals surface area contributed by atoms with E-state index in [9.17, 15) is 4.79 Å². The summed E-state index contributed by atoms with van der Waals surface area (Å²) >= 11 is 5.91. The van der Waals surface area contributed by atoms with Gasteiger partial charge in [0, 0.05) is 25.2 Å². The van der Waals surface area contributed by atoms with Crippen molar-refractivity contribution in [1.29, 1.82) is 0 Å². The molecule has 0 radical (unpaired) electrons. The Labute approximate surface area is 122 Å². The molecule has 0 spiro atoms. The van der Waals surface area contributed by atoms with E-state index in [4.69, 9.17) is 11.6 Å². The highest BCUT2D eigenvalue weighted by Crippen LogP contribution is 2.31. The summed E-state index contributed by atoms with van der Waals surface area (Å²) < 4.78 is 2.03. The van der Waals surface area contributed by atoms with Crippen molar-refractivity contribution in [2.75, 3.05) is 13.6 Å². The predicted octanol–water partition coefficient (Wildman–Crippen LogP) is 2.76. The standard InChI is InChI=1S/C14H17ClN4O/c1-8(2)4-10-7-18(3)13(20)11-5-9-6-16-14(15)17-12(9)19(10)11/h5-6,8,10H,4,7H2,1-3H3/t10-/m0/s1. The van der Waals surface area contributed by atoms with E-state index in [0.717, 1.165) is 17.5 Å². The molecule has 2 aromatic heterocycles. The highest BCUT2D eigenvalue weighted by Gasteiger charge is 2.31. The number of halogens is 1. The monoisotopic (exact) mass is 292 g/mol. The molecule has 1 atom stereocenters. The van der Waals surface area contributed by atoms with E-state index < -0.39 is 0 Å². The number of hydrogen-bond donors (Lipinski definition) is 0. The molecule has 0 bridgehead atoms. The Morgan fingerprint density at radius 2 is 2.25 bits per heavy atom. The molecule has 1 aliphatic rings. The van der Waals surface area contributed by atoms with Crippen LogP contribution in [0.4, 0.5) is 0 Å². The van der Waals surface area contributed by atoms with E-state index in [1.807, 2.05) is 17.7 Å². The van der Waals surface area contributed by atoms with Gasteiger partial charge in [-0.3, -0.25) is 4.79 Å². The fourth-order valence-corrected chi connectivity index (χ4v) is 3.05. The number of hydrogen-bond acceptors (Lipinski definition) is 3.